The van der Waals surface area contributed by atoms with Gasteiger partial charge in [-0.3, -0.25) is 9.11 Å². The molecule has 0 bridgehead atoms. The quantitative estimate of drug-likeness (QED) is 0.257. The molecule has 0 aromatic rings. The minimum Gasteiger partial charge on any atom is -0.264 e. The highest BCUT2D eigenvalue weighted by Crippen LogP contribution is 2.13. The van der Waals surface area contributed by atoms with Gasteiger partial charge in [0.15, 0.2) is 0 Å². The molecule has 0 fully saturated rings. The van der Waals surface area contributed by atoms with Crippen molar-refractivity contribution in [1.29, 1.82) is 0 Å². The predicted octanol–water partition coefficient (Wildman–Crippen LogP) is 6.03. The summed E-state index contributed by atoms with van der Waals surface area (Å²) in [6.45, 7) is 2.41. The molecule has 6 heteroatoms. The molecule has 0 aromatic heterocycles. The molecule has 0 aliphatic carbocycles. The molecule has 0 saturated carbocycles. The lowest BCUT2D eigenvalue weighted by atomic mass is 10.0. The Hall–Kier alpha value is -0.170. The third-order valence-corrected chi connectivity index (χ3v) is 4.00. The van der Waals surface area contributed by atoms with Gasteiger partial charge in [0.1, 0.15) is 0 Å². The second-order valence-corrected chi connectivity index (χ2v) is 7.35. The van der Waals surface area contributed by atoms with Crippen LogP contribution in [0.5, 0.6) is 0 Å². The van der Waals surface area contributed by atoms with Crippen LogP contribution < -0.4 is 0 Å². The molecule has 0 amide bonds. The van der Waals surface area contributed by atoms with Gasteiger partial charge in [-0.2, -0.15) is 8.42 Å². The van der Waals surface area contributed by atoms with Crippen LogP contribution in [0.15, 0.2) is 0 Å². The lowest BCUT2D eigenvalue weighted by molar-refractivity contribution is 0.186. The zero-order valence-corrected chi connectivity index (χ0v) is 16.4. The zero-order chi connectivity index (χ0) is 18.5. The summed E-state index contributed by atoms with van der Waals surface area (Å²) >= 11 is 0. The summed E-state index contributed by atoms with van der Waals surface area (Å²) in [6, 6.07) is 0. The Labute approximate surface area is 149 Å². The Bertz CT molecular complexity index is 293. The highest BCUT2D eigenvalue weighted by molar-refractivity contribution is 7.79. The van der Waals surface area contributed by atoms with Crippen LogP contribution in [0.2, 0.25) is 0 Å². The average Bonchev–Trinajstić information content (AvgIpc) is 2.49. The van der Waals surface area contributed by atoms with Crippen LogP contribution in [0.1, 0.15) is 110 Å². The summed E-state index contributed by atoms with van der Waals surface area (Å²) < 4.78 is 31.6. The molecular weight excluding hydrogens is 328 g/mol. The third-order valence-electron chi connectivity index (χ3n) is 4.00. The zero-order valence-electron chi connectivity index (χ0n) is 15.5. The summed E-state index contributed by atoms with van der Waals surface area (Å²) in [4.78, 5) is 0. The van der Waals surface area contributed by atoms with E-state index < -0.39 is 10.4 Å². The Morgan fingerprint density at radius 2 is 0.750 bits per heavy atom. The van der Waals surface area contributed by atoms with E-state index >= 15 is 0 Å². The molecule has 2 N–H and O–H groups in total. The largest absolute Gasteiger partial charge is 0.394 e. The van der Waals surface area contributed by atoms with Gasteiger partial charge < -0.3 is 0 Å². The van der Waals surface area contributed by atoms with E-state index in [0.717, 1.165) is 12.8 Å². The first-order chi connectivity index (χ1) is 11.4. The van der Waals surface area contributed by atoms with Gasteiger partial charge in [-0.25, -0.2) is 5.11 Å². The van der Waals surface area contributed by atoms with Crippen molar-refractivity contribution in [1.82, 2.24) is 0 Å². The van der Waals surface area contributed by atoms with Crippen LogP contribution in [-0.4, -0.2) is 24.1 Å². The van der Waals surface area contributed by atoms with Crippen molar-refractivity contribution in [3.63, 3.8) is 0 Å². The lowest BCUT2D eigenvalue weighted by Gasteiger charge is -2.03. The number of hydrogen-bond donors (Lipinski definition) is 2. The smallest absolute Gasteiger partial charge is 0.264 e. The van der Waals surface area contributed by atoms with Crippen LogP contribution in [0.25, 0.3) is 0 Å². The molecule has 1 radical (unpaired) electrons. The minimum atomic E-state index is -4.67. The van der Waals surface area contributed by atoms with Crippen LogP contribution in [0.4, 0.5) is 0 Å². The van der Waals surface area contributed by atoms with E-state index in [9.17, 15) is 5.11 Å². The van der Waals surface area contributed by atoms with Gasteiger partial charge in [0.2, 0.25) is 0 Å². The van der Waals surface area contributed by atoms with Crippen LogP contribution >= 0.6 is 0 Å². The van der Waals surface area contributed by atoms with Crippen LogP contribution in [0, 0.1) is 0 Å². The topological polar surface area (TPSA) is 94.5 Å². The van der Waals surface area contributed by atoms with Gasteiger partial charge in [-0.15, -0.1) is 0 Å². The molecule has 0 aliphatic heterocycles. The normalized spacial score (nSPS) is 11.2. The van der Waals surface area contributed by atoms with E-state index in [1.54, 1.807) is 0 Å². The van der Waals surface area contributed by atoms with Crippen molar-refractivity contribution < 1.29 is 22.6 Å². The monoisotopic (exact) mass is 367 g/mol. The first kappa shape index (κ1) is 26.1. The van der Waals surface area contributed by atoms with Crippen molar-refractivity contribution >= 4 is 10.4 Å². The average molecular weight is 368 g/mol. The molecule has 147 valence electrons. The maximum absolute atomic E-state index is 10.3. The highest BCUT2D eigenvalue weighted by Gasteiger charge is 1.94. The van der Waals surface area contributed by atoms with Gasteiger partial charge in [0.05, 0.1) is 6.61 Å². The molecule has 0 rings (SSSR count). The molecule has 0 saturated heterocycles. The number of unbranched alkanes of at least 4 members (excludes halogenated alkanes) is 15. The molecule has 0 spiro atoms. The molecule has 0 aromatic carbocycles. The third kappa shape index (κ3) is 37.8. The molecule has 0 unspecified atom stereocenters. The van der Waals surface area contributed by atoms with Gasteiger partial charge in [0.25, 0.3) is 0 Å². The molecule has 0 heterocycles. The molecule has 5 nitrogen and oxygen atoms in total. The fraction of sp³-hybridized carbons (Fsp3) is 1.00. The lowest BCUT2D eigenvalue weighted by Crippen LogP contribution is -1.89. The van der Waals surface area contributed by atoms with E-state index in [-0.39, 0.29) is 6.61 Å². The van der Waals surface area contributed by atoms with E-state index in [0.29, 0.717) is 0 Å². The summed E-state index contributed by atoms with van der Waals surface area (Å²) in [5.74, 6) is 0. The van der Waals surface area contributed by atoms with E-state index in [1.807, 2.05) is 0 Å². The Kier molecular flexibility index (Phi) is 22.7. The van der Waals surface area contributed by atoms with Gasteiger partial charge >= 0.3 is 10.4 Å². The summed E-state index contributed by atoms with van der Waals surface area (Å²) in [5, 5.41) is 10.3. The van der Waals surface area contributed by atoms with Gasteiger partial charge in [-0.05, 0) is 6.42 Å². The number of rotatable bonds is 16. The van der Waals surface area contributed by atoms with Crippen LogP contribution in [0.3, 0.4) is 0 Å². The van der Waals surface area contributed by atoms with Gasteiger partial charge in [-0.1, -0.05) is 103 Å². The molecule has 0 aliphatic rings. The predicted molar refractivity (Wildman–Crippen MR) is 99.3 cm³/mol. The Morgan fingerprint density at radius 1 is 0.542 bits per heavy atom. The maximum Gasteiger partial charge on any atom is 0.394 e. The second-order valence-electron chi connectivity index (χ2n) is 6.46. The van der Waals surface area contributed by atoms with Crippen molar-refractivity contribution in [2.24, 2.45) is 0 Å². The van der Waals surface area contributed by atoms with Crippen molar-refractivity contribution in [2.75, 3.05) is 6.61 Å². The van der Waals surface area contributed by atoms with Crippen molar-refractivity contribution in [2.45, 2.75) is 110 Å². The minimum absolute atomic E-state index is 0.123. The van der Waals surface area contributed by atoms with E-state index in [4.69, 9.17) is 17.5 Å². The van der Waals surface area contributed by atoms with E-state index in [2.05, 4.69) is 6.92 Å². The Morgan fingerprint density at radius 3 is 0.958 bits per heavy atom. The highest BCUT2D eigenvalue weighted by atomic mass is 32.3. The van der Waals surface area contributed by atoms with Crippen molar-refractivity contribution in [3.8, 4) is 0 Å². The SMILES string of the molecule is CCCCCCCCCCCCCCCCCC[O].O=S(=O)(O)O. The van der Waals surface area contributed by atoms with Gasteiger partial charge in [0, 0.05) is 0 Å². The fourth-order valence-corrected chi connectivity index (χ4v) is 2.65. The molecular formula is C18H39O5S. The van der Waals surface area contributed by atoms with Crippen LogP contribution in [-0.2, 0) is 15.5 Å². The van der Waals surface area contributed by atoms with E-state index in [1.165, 1.54) is 89.9 Å². The second kappa shape index (κ2) is 20.9. The molecule has 0 atom stereocenters. The standard InChI is InChI=1S/C18H37O.H2O4S/c1-2-3-4-5-6-7-8-9-10-11-12-13-14-15-16-17-18-19;1-5(2,3)4/h2-18H2,1H3;(H2,1,2,3,4). The Balaban J connectivity index is 0. The fourth-order valence-electron chi connectivity index (χ4n) is 2.65. The first-order valence-electron chi connectivity index (χ1n) is 9.69. The summed E-state index contributed by atoms with van der Waals surface area (Å²) in [6.07, 6.45) is 21.8. The maximum atomic E-state index is 10.3. The van der Waals surface area contributed by atoms with Crippen molar-refractivity contribution in [3.05, 3.63) is 0 Å². The molecule has 24 heavy (non-hydrogen) atoms. The summed E-state index contributed by atoms with van der Waals surface area (Å²) in [7, 11) is -4.67. The number of hydrogen-bond acceptors (Lipinski definition) is 2. The summed E-state index contributed by atoms with van der Waals surface area (Å²) in [5.41, 5.74) is 0. The first-order valence-corrected chi connectivity index (χ1v) is 11.1.